The molecule has 29 heavy (non-hydrogen) atoms. The molecule has 0 saturated heterocycles. The summed E-state index contributed by atoms with van der Waals surface area (Å²) in [5, 5.41) is 8.77. The van der Waals surface area contributed by atoms with Gasteiger partial charge in [0.2, 0.25) is 5.95 Å². The lowest BCUT2D eigenvalue weighted by molar-refractivity contribution is 0.413. The van der Waals surface area contributed by atoms with Gasteiger partial charge in [0.15, 0.2) is 5.82 Å². The zero-order valence-electron chi connectivity index (χ0n) is 16.0. The van der Waals surface area contributed by atoms with Crippen LogP contribution in [0.3, 0.4) is 0 Å². The van der Waals surface area contributed by atoms with Crippen molar-refractivity contribution in [3.63, 3.8) is 0 Å². The van der Waals surface area contributed by atoms with E-state index in [1.165, 1.54) is 0 Å². The topological polar surface area (TPSA) is 69.8 Å². The van der Waals surface area contributed by atoms with E-state index in [-0.39, 0.29) is 0 Å². The summed E-state index contributed by atoms with van der Waals surface area (Å²) >= 11 is 12.1. The highest BCUT2D eigenvalue weighted by atomic mass is 35.5. The van der Waals surface area contributed by atoms with Crippen molar-refractivity contribution >= 4 is 34.8 Å². The van der Waals surface area contributed by atoms with E-state index in [1.54, 1.807) is 36.3 Å². The summed E-state index contributed by atoms with van der Waals surface area (Å²) in [7, 11) is 3.44. The van der Waals surface area contributed by atoms with Gasteiger partial charge in [-0.1, -0.05) is 23.2 Å². The third-order valence-electron chi connectivity index (χ3n) is 4.31. The molecule has 0 aliphatic carbocycles. The highest BCUT2D eigenvalue weighted by Gasteiger charge is 2.14. The lowest BCUT2D eigenvalue weighted by Gasteiger charge is -2.10. The van der Waals surface area contributed by atoms with Gasteiger partial charge in [-0.05, 0) is 43.3 Å². The first-order valence-corrected chi connectivity index (χ1v) is 9.52. The van der Waals surface area contributed by atoms with Crippen molar-refractivity contribution in [1.82, 2.24) is 24.3 Å². The van der Waals surface area contributed by atoms with Gasteiger partial charge in [0.1, 0.15) is 5.75 Å². The Balaban J connectivity index is 1.66. The molecule has 0 aliphatic rings. The Labute approximate surface area is 177 Å². The van der Waals surface area contributed by atoms with Crippen LogP contribution in [0.15, 0.2) is 48.9 Å². The van der Waals surface area contributed by atoms with E-state index in [1.807, 2.05) is 42.9 Å². The average molecular weight is 429 g/mol. The first kappa shape index (κ1) is 19.3. The summed E-state index contributed by atoms with van der Waals surface area (Å²) < 4.78 is 9.15. The molecular weight excluding hydrogens is 411 g/mol. The normalized spacial score (nSPS) is 10.9. The van der Waals surface area contributed by atoms with Gasteiger partial charge in [0.05, 0.1) is 24.8 Å². The van der Waals surface area contributed by atoms with Gasteiger partial charge < -0.3 is 14.6 Å². The quantitative estimate of drug-likeness (QED) is 0.482. The van der Waals surface area contributed by atoms with E-state index in [4.69, 9.17) is 27.9 Å². The largest absolute Gasteiger partial charge is 0.495 e. The molecule has 0 unspecified atom stereocenters. The minimum atomic E-state index is 0.539. The van der Waals surface area contributed by atoms with Crippen LogP contribution in [0.2, 0.25) is 10.0 Å². The molecular formula is C20H18Cl2N6O. The predicted molar refractivity (Wildman–Crippen MR) is 115 cm³/mol. The number of halogens is 2. The fourth-order valence-electron chi connectivity index (χ4n) is 2.95. The van der Waals surface area contributed by atoms with Crippen LogP contribution in [-0.2, 0) is 7.05 Å². The number of nitrogens with one attached hydrogen (secondary N) is 1. The molecule has 0 radical (unpaired) electrons. The summed E-state index contributed by atoms with van der Waals surface area (Å²) in [5.74, 6) is 1.82. The first-order chi connectivity index (χ1) is 13.9. The molecule has 148 valence electrons. The maximum absolute atomic E-state index is 6.07. The lowest BCUT2D eigenvalue weighted by atomic mass is 10.1. The Morgan fingerprint density at radius 1 is 1.07 bits per heavy atom. The fourth-order valence-corrected chi connectivity index (χ4v) is 3.48. The van der Waals surface area contributed by atoms with Gasteiger partial charge in [-0.3, -0.25) is 0 Å². The van der Waals surface area contributed by atoms with E-state index in [9.17, 15) is 0 Å². The summed E-state index contributed by atoms with van der Waals surface area (Å²) in [6, 6.07) is 11.0. The standard InChI is InChI=1S/C20H18Cl2N6O/c1-12-10-28(11-23-12)17-5-4-13(6-18(17)29-3)19-25-20(27(2)26-19)24-16-8-14(21)7-15(22)9-16/h4-11H,1-3H3,(H,24,25,26). The highest BCUT2D eigenvalue weighted by molar-refractivity contribution is 6.35. The zero-order chi connectivity index (χ0) is 20.5. The first-order valence-electron chi connectivity index (χ1n) is 8.76. The molecule has 0 bridgehead atoms. The smallest absolute Gasteiger partial charge is 0.225 e. The molecule has 0 saturated carbocycles. The number of aromatic nitrogens is 5. The Bertz CT molecular complexity index is 1160. The number of benzene rings is 2. The number of nitrogens with zero attached hydrogens (tertiary/aromatic N) is 5. The van der Waals surface area contributed by atoms with Crippen molar-refractivity contribution < 1.29 is 4.74 Å². The van der Waals surface area contributed by atoms with Gasteiger partial charge in [0.25, 0.3) is 0 Å². The zero-order valence-corrected chi connectivity index (χ0v) is 17.5. The van der Waals surface area contributed by atoms with Crippen LogP contribution in [0.5, 0.6) is 5.75 Å². The maximum Gasteiger partial charge on any atom is 0.225 e. The molecule has 0 atom stereocenters. The van der Waals surface area contributed by atoms with Crippen molar-refractivity contribution in [1.29, 1.82) is 0 Å². The van der Waals surface area contributed by atoms with E-state index in [0.29, 0.717) is 27.6 Å². The van der Waals surface area contributed by atoms with Crippen LogP contribution in [-0.4, -0.2) is 31.4 Å². The third kappa shape index (κ3) is 4.06. The molecule has 0 fully saturated rings. The Morgan fingerprint density at radius 3 is 2.48 bits per heavy atom. The second-order valence-corrected chi connectivity index (χ2v) is 7.35. The van der Waals surface area contributed by atoms with Gasteiger partial charge in [-0.2, -0.15) is 4.98 Å². The molecule has 2 aromatic carbocycles. The second kappa shape index (κ2) is 7.77. The van der Waals surface area contributed by atoms with Crippen LogP contribution in [0.25, 0.3) is 17.1 Å². The summed E-state index contributed by atoms with van der Waals surface area (Å²) in [4.78, 5) is 8.86. The number of imidazole rings is 1. The van der Waals surface area contributed by atoms with Crippen molar-refractivity contribution in [2.45, 2.75) is 6.92 Å². The van der Waals surface area contributed by atoms with E-state index < -0.39 is 0 Å². The molecule has 0 aliphatic heterocycles. The highest BCUT2D eigenvalue weighted by Crippen LogP contribution is 2.30. The summed E-state index contributed by atoms with van der Waals surface area (Å²) in [6.45, 7) is 1.94. The van der Waals surface area contributed by atoms with Crippen molar-refractivity contribution in [2.75, 3.05) is 12.4 Å². The van der Waals surface area contributed by atoms with Crippen molar-refractivity contribution in [3.8, 4) is 22.8 Å². The number of ether oxygens (including phenoxy) is 1. The number of hydrogen-bond donors (Lipinski definition) is 1. The minimum absolute atomic E-state index is 0.539. The lowest BCUT2D eigenvalue weighted by Crippen LogP contribution is -2.00. The van der Waals surface area contributed by atoms with E-state index in [2.05, 4.69) is 20.4 Å². The van der Waals surface area contributed by atoms with Crippen LogP contribution in [0, 0.1) is 6.92 Å². The van der Waals surface area contributed by atoms with E-state index >= 15 is 0 Å². The van der Waals surface area contributed by atoms with Gasteiger partial charge in [0, 0.05) is 34.5 Å². The summed E-state index contributed by atoms with van der Waals surface area (Å²) in [6.07, 6.45) is 3.69. The molecule has 4 rings (SSSR count). The summed E-state index contributed by atoms with van der Waals surface area (Å²) in [5.41, 5.74) is 3.38. The Morgan fingerprint density at radius 2 is 1.83 bits per heavy atom. The fraction of sp³-hybridized carbons (Fsp3) is 0.150. The molecule has 0 spiro atoms. The Hall–Kier alpha value is -3.03. The number of hydrogen-bond acceptors (Lipinski definition) is 5. The molecule has 2 heterocycles. The number of rotatable bonds is 5. The molecule has 2 aromatic heterocycles. The van der Waals surface area contributed by atoms with Crippen LogP contribution >= 0.6 is 23.2 Å². The SMILES string of the molecule is COc1cc(-c2nc(Nc3cc(Cl)cc(Cl)c3)n(C)n2)ccc1-n1cnc(C)c1. The Kier molecular flexibility index (Phi) is 5.17. The predicted octanol–water partition coefficient (Wildman–Crippen LogP) is 5.04. The number of aryl methyl sites for hydroxylation is 2. The van der Waals surface area contributed by atoms with E-state index in [0.717, 1.165) is 22.6 Å². The number of methoxy groups -OCH3 is 1. The molecule has 9 heteroatoms. The second-order valence-electron chi connectivity index (χ2n) is 6.47. The molecule has 0 amide bonds. The minimum Gasteiger partial charge on any atom is -0.495 e. The average Bonchev–Trinajstić information content (AvgIpc) is 3.26. The van der Waals surface area contributed by atoms with Gasteiger partial charge >= 0.3 is 0 Å². The van der Waals surface area contributed by atoms with Crippen molar-refractivity contribution in [2.24, 2.45) is 7.05 Å². The molecule has 7 nitrogen and oxygen atoms in total. The van der Waals surface area contributed by atoms with Crippen LogP contribution < -0.4 is 10.1 Å². The molecule has 4 aromatic rings. The number of anilines is 2. The van der Waals surface area contributed by atoms with Gasteiger partial charge in [-0.25, -0.2) is 9.67 Å². The van der Waals surface area contributed by atoms with Crippen LogP contribution in [0.4, 0.5) is 11.6 Å². The van der Waals surface area contributed by atoms with Crippen LogP contribution in [0.1, 0.15) is 5.69 Å². The monoisotopic (exact) mass is 428 g/mol. The molecule has 1 N–H and O–H groups in total. The van der Waals surface area contributed by atoms with Crippen molar-refractivity contribution in [3.05, 3.63) is 64.7 Å². The van der Waals surface area contributed by atoms with Gasteiger partial charge in [-0.15, -0.1) is 5.10 Å². The maximum atomic E-state index is 6.07. The third-order valence-corrected chi connectivity index (χ3v) is 4.75.